The third-order valence-electron chi connectivity index (χ3n) is 3.41. The van der Waals surface area contributed by atoms with Gasteiger partial charge in [0.25, 0.3) is 0 Å². The Balaban J connectivity index is 1.70. The van der Waals surface area contributed by atoms with Crippen LogP contribution in [-0.4, -0.2) is 6.04 Å². The molecule has 2 aromatic rings. The van der Waals surface area contributed by atoms with Gasteiger partial charge in [-0.1, -0.05) is 30.4 Å². The second-order valence-corrected chi connectivity index (χ2v) is 5.53. The van der Waals surface area contributed by atoms with Crippen molar-refractivity contribution in [2.75, 3.05) is 0 Å². The minimum Gasteiger partial charge on any atom is -0.310 e. The average molecular weight is 243 g/mol. The van der Waals surface area contributed by atoms with Crippen LogP contribution < -0.4 is 5.32 Å². The SMILES string of the molecule is C1=CCC(NCc2csc3ccccc23)CC1. The van der Waals surface area contributed by atoms with Gasteiger partial charge in [0.15, 0.2) is 0 Å². The van der Waals surface area contributed by atoms with Crippen LogP contribution >= 0.6 is 11.3 Å². The number of benzene rings is 1. The van der Waals surface area contributed by atoms with Crippen molar-refractivity contribution in [2.45, 2.75) is 31.8 Å². The normalized spacial score (nSPS) is 19.9. The van der Waals surface area contributed by atoms with Gasteiger partial charge in [-0.25, -0.2) is 0 Å². The number of hydrogen-bond acceptors (Lipinski definition) is 2. The second kappa shape index (κ2) is 5.03. The summed E-state index contributed by atoms with van der Waals surface area (Å²) in [6.45, 7) is 1.00. The predicted molar refractivity (Wildman–Crippen MR) is 75.4 cm³/mol. The number of fused-ring (bicyclic) bond motifs is 1. The van der Waals surface area contributed by atoms with Gasteiger partial charge in [-0.2, -0.15) is 0 Å². The molecule has 3 rings (SSSR count). The Morgan fingerprint density at radius 2 is 2.18 bits per heavy atom. The Morgan fingerprint density at radius 3 is 3.06 bits per heavy atom. The number of thiophene rings is 1. The molecule has 1 aliphatic rings. The minimum absolute atomic E-state index is 0.665. The molecular weight excluding hydrogens is 226 g/mol. The summed E-state index contributed by atoms with van der Waals surface area (Å²) < 4.78 is 1.40. The van der Waals surface area contributed by atoms with Gasteiger partial charge in [0.05, 0.1) is 0 Å². The van der Waals surface area contributed by atoms with E-state index in [1.54, 1.807) is 0 Å². The van der Waals surface area contributed by atoms with E-state index in [9.17, 15) is 0 Å². The summed E-state index contributed by atoms with van der Waals surface area (Å²) >= 11 is 1.85. The van der Waals surface area contributed by atoms with E-state index in [-0.39, 0.29) is 0 Å². The Kier molecular flexibility index (Phi) is 3.25. The Bertz CT molecular complexity index is 526. The van der Waals surface area contributed by atoms with Gasteiger partial charge in [-0.3, -0.25) is 0 Å². The van der Waals surface area contributed by atoms with Crippen LogP contribution in [0.1, 0.15) is 24.8 Å². The van der Waals surface area contributed by atoms with Crippen molar-refractivity contribution in [1.82, 2.24) is 5.32 Å². The van der Waals surface area contributed by atoms with Crippen LogP contribution in [0.2, 0.25) is 0 Å². The first kappa shape index (κ1) is 11.0. The van der Waals surface area contributed by atoms with E-state index in [0.29, 0.717) is 6.04 Å². The molecule has 2 heteroatoms. The topological polar surface area (TPSA) is 12.0 Å². The molecule has 0 saturated heterocycles. The van der Waals surface area contributed by atoms with Crippen LogP contribution in [0.4, 0.5) is 0 Å². The standard InChI is InChI=1S/C15H17NS/c1-2-6-13(7-3-1)16-10-12-11-17-15-9-5-4-8-14(12)15/h1-2,4-5,8-9,11,13,16H,3,6-7,10H2. The highest BCUT2D eigenvalue weighted by Gasteiger charge is 2.10. The summed E-state index contributed by atoms with van der Waals surface area (Å²) in [5, 5.41) is 7.37. The molecule has 17 heavy (non-hydrogen) atoms. The van der Waals surface area contributed by atoms with Crippen molar-refractivity contribution in [3.63, 3.8) is 0 Å². The van der Waals surface area contributed by atoms with E-state index in [0.717, 1.165) is 6.54 Å². The fourth-order valence-corrected chi connectivity index (χ4v) is 3.37. The largest absolute Gasteiger partial charge is 0.310 e. The van der Waals surface area contributed by atoms with E-state index < -0.39 is 0 Å². The minimum atomic E-state index is 0.665. The number of allylic oxidation sites excluding steroid dienone is 1. The van der Waals surface area contributed by atoms with Crippen molar-refractivity contribution in [3.05, 3.63) is 47.4 Å². The van der Waals surface area contributed by atoms with Crippen LogP contribution in [0.15, 0.2) is 41.8 Å². The van der Waals surface area contributed by atoms with Gasteiger partial charge in [0, 0.05) is 17.3 Å². The number of rotatable bonds is 3. The monoisotopic (exact) mass is 243 g/mol. The van der Waals surface area contributed by atoms with E-state index in [1.807, 2.05) is 11.3 Å². The second-order valence-electron chi connectivity index (χ2n) is 4.62. The van der Waals surface area contributed by atoms with Crippen molar-refractivity contribution in [3.8, 4) is 0 Å². The van der Waals surface area contributed by atoms with E-state index in [2.05, 4.69) is 47.1 Å². The van der Waals surface area contributed by atoms with Gasteiger partial charge < -0.3 is 5.32 Å². The zero-order valence-electron chi connectivity index (χ0n) is 9.86. The first-order valence-electron chi connectivity index (χ1n) is 6.27. The van der Waals surface area contributed by atoms with Gasteiger partial charge in [-0.15, -0.1) is 11.3 Å². The summed E-state index contributed by atoms with van der Waals surface area (Å²) in [4.78, 5) is 0. The molecular formula is C15H17NS. The number of hydrogen-bond donors (Lipinski definition) is 1. The fraction of sp³-hybridized carbons (Fsp3) is 0.333. The third-order valence-corrected chi connectivity index (χ3v) is 4.42. The molecule has 0 aliphatic heterocycles. The molecule has 1 unspecified atom stereocenters. The summed E-state index contributed by atoms with van der Waals surface area (Å²) in [7, 11) is 0. The highest BCUT2D eigenvalue weighted by Crippen LogP contribution is 2.25. The lowest BCUT2D eigenvalue weighted by Crippen LogP contribution is -2.28. The van der Waals surface area contributed by atoms with E-state index in [1.165, 1.54) is 34.9 Å². The average Bonchev–Trinajstić information content (AvgIpc) is 2.81. The van der Waals surface area contributed by atoms with Gasteiger partial charge >= 0.3 is 0 Å². The molecule has 1 aromatic carbocycles. The molecule has 1 N–H and O–H groups in total. The quantitative estimate of drug-likeness (QED) is 0.800. The fourth-order valence-electron chi connectivity index (χ4n) is 2.40. The lowest BCUT2D eigenvalue weighted by Gasteiger charge is -2.19. The highest BCUT2D eigenvalue weighted by atomic mass is 32.1. The summed E-state index contributed by atoms with van der Waals surface area (Å²) in [5.41, 5.74) is 1.44. The van der Waals surface area contributed by atoms with Crippen LogP contribution in [0.3, 0.4) is 0 Å². The Labute approximate surface area is 106 Å². The number of nitrogens with one attached hydrogen (secondary N) is 1. The zero-order valence-corrected chi connectivity index (χ0v) is 10.7. The lowest BCUT2D eigenvalue weighted by atomic mass is 10.0. The molecule has 1 aliphatic carbocycles. The van der Waals surface area contributed by atoms with Gasteiger partial charge in [0.1, 0.15) is 0 Å². The lowest BCUT2D eigenvalue weighted by molar-refractivity contribution is 0.475. The van der Waals surface area contributed by atoms with Gasteiger partial charge in [0.2, 0.25) is 0 Å². The maximum atomic E-state index is 3.67. The van der Waals surface area contributed by atoms with Crippen LogP contribution in [0.25, 0.3) is 10.1 Å². The van der Waals surface area contributed by atoms with Gasteiger partial charge in [-0.05, 0) is 41.7 Å². The van der Waals surface area contributed by atoms with E-state index >= 15 is 0 Å². The molecule has 0 bridgehead atoms. The molecule has 0 radical (unpaired) electrons. The van der Waals surface area contributed by atoms with Crippen LogP contribution in [-0.2, 0) is 6.54 Å². The molecule has 0 saturated carbocycles. The van der Waals surface area contributed by atoms with Crippen LogP contribution in [0.5, 0.6) is 0 Å². The highest BCUT2D eigenvalue weighted by molar-refractivity contribution is 7.17. The predicted octanol–water partition coefficient (Wildman–Crippen LogP) is 4.10. The molecule has 0 amide bonds. The summed E-state index contributed by atoms with van der Waals surface area (Å²) in [6.07, 6.45) is 8.27. The molecule has 1 nitrogen and oxygen atoms in total. The van der Waals surface area contributed by atoms with Crippen molar-refractivity contribution < 1.29 is 0 Å². The molecule has 0 spiro atoms. The molecule has 0 fully saturated rings. The van der Waals surface area contributed by atoms with Crippen molar-refractivity contribution in [1.29, 1.82) is 0 Å². The van der Waals surface area contributed by atoms with Crippen molar-refractivity contribution in [2.24, 2.45) is 0 Å². The Morgan fingerprint density at radius 1 is 1.24 bits per heavy atom. The molecule has 1 atom stereocenters. The summed E-state index contributed by atoms with van der Waals surface area (Å²) in [5.74, 6) is 0. The molecule has 88 valence electrons. The summed E-state index contributed by atoms with van der Waals surface area (Å²) in [6, 6.07) is 9.33. The maximum absolute atomic E-state index is 3.67. The zero-order chi connectivity index (χ0) is 11.5. The first-order valence-corrected chi connectivity index (χ1v) is 7.15. The first-order chi connectivity index (χ1) is 8.43. The third kappa shape index (κ3) is 2.43. The smallest absolute Gasteiger partial charge is 0.0346 e. The van der Waals surface area contributed by atoms with Crippen LogP contribution in [0, 0.1) is 0 Å². The maximum Gasteiger partial charge on any atom is 0.0346 e. The van der Waals surface area contributed by atoms with Crippen molar-refractivity contribution >= 4 is 21.4 Å². The molecule has 1 aromatic heterocycles. The Hall–Kier alpha value is -1.12. The molecule has 1 heterocycles. The van der Waals surface area contributed by atoms with E-state index in [4.69, 9.17) is 0 Å².